The zero-order valence-corrected chi connectivity index (χ0v) is 15.9. The summed E-state index contributed by atoms with van der Waals surface area (Å²) in [6.07, 6.45) is 12.1. The SMILES string of the molecule is O=C(c1ccc(-c2cnccn2)cc1)N1CCCC[C@@H]1CCc1ccccn1. The Balaban J connectivity index is 1.45. The van der Waals surface area contributed by atoms with Gasteiger partial charge in [-0.15, -0.1) is 0 Å². The number of rotatable bonds is 5. The normalized spacial score (nSPS) is 16.7. The number of aromatic nitrogens is 3. The molecule has 4 rings (SSSR count). The fourth-order valence-corrected chi connectivity index (χ4v) is 3.83. The Morgan fingerprint density at radius 1 is 1.00 bits per heavy atom. The number of piperidine rings is 1. The molecule has 3 heterocycles. The van der Waals surface area contributed by atoms with Gasteiger partial charge in [-0.05, 0) is 56.4 Å². The number of carbonyl (C=O) groups excluding carboxylic acids is 1. The van der Waals surface area contributed by atoms with Crippen molar-refractivity contribution in [2.24, 2.45) is 0 Å². The van der Waals surface area contributed by atoms with Gasteiger partial charge in [0.1, 0.15) is 0 Å². The molecule has 0 spiro atoms. The monoisotopic (exact) mass is 372 g/mol. The van der Waals surface area contributed by atoms with E-state index in [1.54, 1.807) is 18.6 Å². The third-order valence-electron chi connectivity index (χ3n) is 5.34. The molecule has 0 saturated carbocycles. The van der Waals surface area contributed by atoms with E-state index in [-0.39, 0.29) is 11.9 Å². The van der Waals surface area contributed by atoms with E-state index in [0.717, 1.165) is 54.7 Å². The van der Waals surface area contributed by atoms with Crippen molar-refractivity contribution >= 4 is 5.91 Å². The lowest BCUT2D eigenvalue weighted by Crippen LogP contribution is -2.44. The minimum atomic E-state index is 0.122. The Morgan fingerprint density at radius 2 is 1.89 bits per heavy atom. The minimum absolute atomic E-state index is 0.122. The van der Waals surface area contributed by atoms with Crippen LogP contribution in [0.25, 0.3) is 11.3 Å². The third kappa shape index (κ3) is 4.25. The molecule has 5 heteroatoms. The number of benzene rings is 1. The highest BCUT2D eigenvalue weighted by molar-refractivity contribution is 5.95. The van der Waals surface area contributed by atoms with E-state index in [4.69, 9.17) is 0 Å². The molecule has 0 bridgehead atoms. The van der Waals surface area contributed by atoms with Gasteiger partial charge in [0.15, 0.2) is 0 Å². The summed E-state index contributed by atoms with van der Waals surface area (Å²) < 4.78 is 0. The van der Waals surface area contributed by atoms with Crippen molar-refractivity contribution in [2.45, 2.75) is 38.1 Å². The summed E-state index contributed by atoms with van der Waals surface area (Å²) in [4.78, 5) is 28.0. The van der Waals surface area contributed by atoms with Gasteiger partial charge in [-0.2, -0.15) is 0 Å². The summed E-state index contributed by atoms with van der Waals surface area (Å²) in [5.74, 6) is 0.122. The van der Waals surface area contributed by atoms with Crippen molar-refractivity contribution in [3.05, 3.63) is 78.5 Å². The highest BCUT2D eigenvalue weighted by atomic mass is 16.2. The first-order valence-electron chi connectivity index (χ1n) is 9.88. The molecule has 2 aromatic heterocycles. The molecular formula is C23H24N4O. The highest BCUT2D eigenvalue weighted by Crippen LogP contribution is 2.24. The molecule has 1 atom stereocenters. The fourth-order valence-electron chi connectivity index (χ4n) is 3.83. The first-order valence-corrected chi connectivity index (χ1v) is 9.88. The minimum Gasteiger partial charge on any atom is -0.336 e. The van der Waals surface area contributed by atoms with Crippen LogP contribution in [0.1, 0.15) is 41.7 Å². The summed E-state index contributed by atoms with van der Waals surface area (Å²) in [5, 5.41) is 0. The maximum absolute atomic E-state index is 13.2. The number of hydrogen-bond donors (Lipinski definition) is 0. The van der Waals surface area contributed by atoms with E-state index < -0.39 is 0 Å². The van der Waals surface area contributed by atoms with Crippen molar-refractivity contribution in [1.29, 1.82) is 0 Å². The van der Waals surface area contributed by atoms with Gasteiger partial charge in [0.25, 0.3) is 5.91 Å². The molecular weight excluding hydrogens is 348 g/mol. The van der Waals surface area contributed by atoms with Gasteiger partial charge in [-0.3, -0.25) is 19.7 Å². The van der Waals surface area contributed by atoms with Crippen molar-refractivity contribution < 1.29 is 4.79 Å². The average Bonchev–Trinajstić information content (AvgIpc) is 2.79. The Morgan fingerprint density at radius 3 is 2.64 bits per heavy atom. The lowest BCUT2D eigenvalue weighted by molar-refractivity contribution is 0.0601. The van der Waals surface area contributed by atoms with E-state index in [1.165, 1.54) is 6.42 Å². The number of carbonyl (C=O) groups is 1. The van der Waals surface area contributed by atoms with Crippen LogP contribution in [0.3, 0.4) is 0 Å². The molecule has 1 aromatic carbocycles. The zero-order chi connectivity index (χ0) is 19.2. The predicted octanol–water partition coefficient (Wildman–Crippen LogP) is 4.17. The Kier molecular flexibility index (Phi) is 5.71. The second-order valence-corrected chi connectivity index (χ2v) is 7.18. The molecule has 3 aromatic rings. The fraction of sp³-hybridized carbons (Fsp3) is 0.304. The lowest BCUT2D eigenvalue weighted by Gasteiger charge is -2.36. The molecule has 142 valence electrons. The second-order valence-electron chi connectivity index (χ2n) is 7.18. The zero-order valence-electron chi connectivity index (χ0n) is 15.9. The van der Waals surface area contributed by atoms with Crippen LogP contribution >= 0.6 is 0 Å². The first-order chi connectivity index (χ1) is 13.8. The molecule has 0 aliphatic carbocycles. The summed E-state index contributed by atoms with van der Waals surface area (Å²) in [6, 6.07) is 14.0. The molecule has 5 nitrogen and oxygen atoms in total. The Bertz CT molecular complexity index is 897. The second kappa shape index (κ2) is 8.74. The summed E-state index contributed by atoms with van der Waals surface area (Å²) in [6.45, 7) is 0.831. The predicted molar refractivity (Wildman–Crippen MR) is 109 cm³/mol. The average molecular weight is 372 g/mol. The molecule has 0 unspecified atom stereocenters. The molecule has 1 aliphatic heterocycles. The van der Waals surface area contributed by atoms with E-state index in [9.17, 15) is 4.79 Å². The van der Waals surface area contributed by atoms with E-state index in [0.29, 0.717) is 0 Å². The van der Waals surface area contributed by atoms with Crippen LogP contribution in [0, 0.1) is 0 Å². The van der Waals surface area contributed by atoms with Crippen molar-refractivity contribution in [3.8, 4) is 11.3 Å². The summed E-state index contributed by atoms with van der Waals surface area (Å²) in [5.41, 5.74) is 3.61. The quantitative estimate of drug-likeness (QED) is 0.675. The molecule has 1 fully saturated rings. The van der Waals surface area contributed by atoms with Gasteiger partial charge in [0, 0.05) is 48.0 Å². The van der Waals surface area contributed by atoms with Crippen molar-refractivity contribution in [3.63, 3.8) is 0 Å². The van der Waals surface area contributed by atoms with Gasteiger partial charge >= 0.3 is 0 Å². The maximum atomic E-state index is 13.2. The van der Waals surface area contributed by atoms with Crippen LogP contribution in [0.15, 0.2) is 67.3 Å². The smallest absolute Gasteiger partial charge is 0.254 e. The first kappa shape index (κ1) is 18.3. The molecule has 1 saturated heterocycles. The number of nitrogens with zero attached hydrogens (tertiary/aromatic N) is 4. The number of amides is 1. The lowest BCUT2D eigenvalue weighted by atomic mass is 9.96. The highest BCUT2D eigenvalue weighted by Gasteiger charge is 2.27. The van der Waals surface area contributed by atoms with Crippen LogP contribution in [-0.2, 0) is 6.42 Å². The van der Waals surface area contributed by atoms with E-state index in [2.05, 4.69) is 25.9 Å². The van der Waals surface area contributed by atoms with Crippen molar-refractivity contribution in [2.75, 3.05) is 6.54 Å². The van der Waals surface area contributed by atoms with Gasteiger partial charge in [-0.1, -0.05) is 18.2 Å². The van der Waals surface area contributed by atoms with Crippen LogP contribution in [0.4, 0.5) is 0 Å². The molecule has 1 amide bonds. The largest absolute Gasteiger partial charge is 0.336 e. The summed E-state index contributed by atoms with van der Waals surface area (Å²) >= 11 is 0. The molecule has 1 aliphatic rings. The number of hydrogen-bond acceptors (Lipinski definition) is 4. The van der Waals surface area contributed by atoms with Gasteiger partial charge in [0.05, 0.1) is 11.9 Å². The van der Waals surface area contributed by atoms with Crippen molar-refractivity contribution in [1.82, 2.24) is 19.9 Å². The standard InChI is InChI=1S/C23H24N4O/c28-23(19-9-7-18(8-10-19)22-17-24-14-15-26-22)27-16-4-2-6-21(27)12-11-20-5-1-3-13-25-20/h1,3,5,7-10,13-15,17,21H,2,4,6,11-12,16H2/t21-/m1/s1. The Hall–Kier alpha value is -3.08. The van der Waals surface area contributed by atoms with E-state index in [1.807, 2.05) is 42.6 Å². The summed E-state index contributed by atoms with van der Waals surface area (Å²) in [7, 11) is 0. The number of likely N-dealkylation sites (tertiary alicyclic amines) is 1. The third-order valence-corrected chi connectivity index (χ3v) is 5.34. The molecule has 0 N–H and O–H groups in total. The van der Waals surface area contributed by atoms with Crippen LogP contribution < -0.4 is 0 Å². The van der Waals surface area contributed by atoms with Crippen LogP contribution in [-0.4, -0.2) is 38.3 Å². The molecule has 28 heavy (non-hydrogen) atoms. The number of pyridine rings is 1. The van der Waals surface area contributed by atoms with Gasteiger partial charge in [-0.25, -0.2) is 0 Å². The molecule has 0 radical (unpaired) electrons. The topological polar surface area (TPSA) is 59.0 Å². The van der Waals surface area contributed by atoms with Gasteiger partial charge < -0.3 is 4.90 Å². The van der Waals surface area contributed by atoms with Gasteiger partial charge in [0.2, 0.25) is 0 Å². The Labute approximate surface area is 165 Å². The van der Waals surface area contributed by atoms with Crippen LogP contribution in [0.5, 0.6) is 0 Å². The number of aryl methyl sites for hydroxylation is 1. The van der Waals surface area contributed by atoms with Crippen LogP contribution in [0.2, 0.25) is 0 Å². The van der Waals surface area contributed by atoms with E-state index >= 15 is 0 Å². The maximum Gasteiger partial charge on any atom is 0.254 e.